The van der Waals surface area contributed by atoms with E-state index in [-0.39, 0.29) is 0 Å². The summed E-state index contributed by atoms with van der Waals surface area (Å²) >= 11 is 0. The molecule has 0 aliphatic rings. The van der Waals surface area contributed by atoms with Gasteiger partial charge in [-0.25, -0.2) is 15.0 Å². The Bertz CT molecular complexity index is 3450. The van der Waals surface area contributed by atoms with Crippen LogP contribution in [0, 0.1) is 47.8 Å². The predicted octanol–water partition coefficient (Wildman–Crippen LogP) is 11.3. The summed E-state index contributed by atoms with van der Waals surface area (Å²) in [6, 6.07) is 55.4. The first kappa shape index (κ1) is 34.1. The number of nitrogens with zero attached hydrogens (tertiary/aromatic N) is 8. The Labute approximate surface area is 333 Å². The van der Waals surface area contributed by atoms with E-state index in [0.717, 1.165) is 71.6 Å². The van der Waals surface area contributed by atoms with Crippen LogP contribution in [0.2, 0.25) is 0 Å². The zero-order valence-corrected chi connectivity index (χ0v) is 31.4. The third-order valence-corrected chi connectivity index (χ3v) is 10.9. The van der Waals surface area contributed by atoms with Gasteiger partial charge < -0.3 is 9.13 Å². The van der Waals surface area contributed by atoms with Gasteiger partial charge in [0.05, 0.1) is 62.3 Å². The summed E-state index contributed by atoms with van der Waals surface area (Å²) in [5.41, 5.74) is 10.9. The molecule has 0 atom stereocenters. The lowest BCUT2D eigenvalue weighted by molar-refractivity contribution is 0.926. The fraction of sp³-hybridized carbons (Fsp3) is 0.0400. The molecule has 270 valence electrons. The molecule has 0 fully saturated rings. The van der Waals surface area contributed by atoms with Crippen LogP contribution in [0.15, 0.2) is 146 Å². The SMILES string of the molecule is Cc1nc(C)nc(-c2cc(-n3c4ccccc4c4ccc(-c5ccccc5C#N)cc43)c(C#N)cc2-n2c3ccccc3c3ccc(-c4ccccc4C#N)cc32)n1. The summed E-state index contributed by atoms with van der Waals surface area (Å²) in [4.78, 5) is 14.3. The highest BCUT2D eigenvalue weighted by Gasteiger charge is 2.24. The molecule has 10 rings (SSSR count). The van der Waals surface area contributed by atoms with Crippen molar-refractivity contribution >= 4 is 43.6 Å². The van der Waals surface area contributed by atoms with Gasteiger partial charge in [-0.15, -0.1) is 0 Å². The summed E-state index contributed by atoms with van der Waals surface area (Å²) < 4.78 is 4.32. The average molecular weight is 743 g/mol. The smallest absolute Gasteiger partial charge is 0.165 e. The number of para-hydroxylation sites is 2. The van der Waals surface area contributed by atoms with Crippen LogP contribution < -0.4 is 0 Å². The molecule has 10 aromatic rings. The van der Waals surface area contributed by atoms with E-state index in [1.165, 1.54) is 0 Å². The summed E-state index contributed by atoms with van der Waals surface area (Å²) in [6.45, 7) is 3.71. The number of hydrogen-bond donors (Lipinski definition) is 0. The Balaban J connectivity index is 1.32. The molecule has 0 unspecified atom stereocenters. The van der Waals surface area contributed by atoms with Gasteiger partial charge in [0.15, 0.2) is 5.82 Å². The summed E-state index contributed by atoms with van der Waals surface area (Å²) in [5.74, 6) is 1.64. The van der Waals surface area contributed by atoms with Crippen molar-refractivity contribution < 1.29 is 0 Å². The molecule has 8 nitrogen and oxygen atoms in total. The molecule has 0 saturated heterocycles. The first-order valence-corrected chi connectivity index (χ1v) is 18.8. The van der Waals surface area contributed by atoms with Gasteiger partial charge >= 0.3 is 0 Å². The maximum atomic E-state index is 11.1. The highest BCUT2D eigenvalue weighted by Crippen LogP contribution is 2.42. The lowest BCUT2D eigenvalue weighted by Gasteiger charge is -2.18. The first-order valence-electron chi connectivity index (χ1n) is 18.8. The van der Waals surface area contributed by atoms with Crippen LogP contribution in [-0.4, -0.2) is 24.1 Å². The molecule has 58 heavy (non-hydrogen) atoms. The van der Waals surface area contributed by atoms with Gasteiger partial charge in [0.2, 0.25) is 0 Å². The van der Waals surface area contributed by atoms with E-state index < -0.39 is 0 Å². The van der Waals surface area contributed by atoms with Crippen molar-refractivity contribution in [3.05, 3.63) is 174 Å². The van der Waals surface area contributed by atoms with Crippen molar-refractivity contribution in [3.8, 4) is 63.2 Å². The van der Waals surface area contributed by atoms with Crippen molar-refractivity contribution in [3.63, 3.8) is 0 Å². The minimum absolute atomic E-state index is 0.448. The van der Waals surface area contributed by atoms with Crippen molar-refractivity contribution in [1.29, 1.82) is 15.8 Å². The topological polar surface area (TPSA) is 120 Å². The van der Waals surface area contributed by atoms with E-state index >= 15 is 0 Å². The van der Waals surface area contributed by atoms with Crippen molar-refractivity contribution in [1.82, 2.24) is 24.1 Å². The molecule has 8 heteroatoms. The minimum Gasteiger partial charge on any atom is -0.308 e. The number of aryl methyl sites for hydroxylation is 2. The van der Waals surface area contributed by atoms with Gasteiger partial charge in [0.1, 0.15) is 17.7 Å². The fourth-order valence-corrected chi connectivity index (χ4v) is 8.41. The molecule has 0 bridgehead atoms. The van der Waals surface area contributed by atoms with Gasteiger partial charge in [-0.05, 0) is 84.6 Å². The second-order valence-corrected chi connectivity index (χ2v) is 14.2. The van der Waals surface area contributed by atoms with E-state index in [2.05, 4.69) is 93.0 Å². The molecular weight excluding hydrogens is 713 g/mol. The number of aromatic nitrogens is 5. The monoisotopic (exact) mass is 742 g/mol. The number of rotatable bonds is 5. The summed E-state index contributed by atoms with van der Waals surface area (Å²) in [6.07, 6.45) is 0. The normalized spacial score (nSPS) is 11.2. The quantitative estimate of drug-likeness (QED) is 0.173. The molecular formula is C50H30N8. The molecule has 0 amide bonds. The van der Waals surface area contributed by atoms with E-state index in [0.29, 0.717) is 45.4 Å². The Morgan fingerprint density at radius 2 is 0.845 bits per heavy atom. The highest BCUT2D eigenvalue weighted by atomic mass is 15.1. The zero-order chi connectivity index (χ0) is 39.5. The lowest BCUT2D eigenvalue weighted by atomic mass is 9.99. The highest BCUT2D eigenvalue weighted by molar-refractivity contribution is 6.12. The third-order valence-electron chi connectivity index (χ3n) is 10.9. The Kier molecular flexibility index (Phi) is 7.90. The maximum Gasteiger partial charge on any atom is 0.165 e. The third kappa shape index (κ3) is 5.31. The maximum absolute atomic E-state index is 11.1. The fourth-order valence-electron chi connectivity index (χ4n) is 8.41. The molecule has 0 saturated carbocycles. The number of fused-ring (bicyclic) bond motifs is 6. The largest absolute Gasteiger partial charge is 0.308 e. The van der Waals surface area contributed by atoms with Gasteiger partial charge in [-0.1, -0.05) is 97.1 Å². The van der Waals surface area contributed by atoms with Gasteiger partial charge in [-0.2, -0.15) is 15.8 Å². The standard InChI is InChI=1S/C50H30N8/c1-30-54-31(2)56-50(55-30)43-26-46(57-44-17-9-7-15-39(44)41-21-19-32(23-47(41)57)37-13-5-3-11-34(37)27-51)36(29-53)25-49(43)58-45-18-10-8-16-40(45)42-22-20-33(24-48(42)58)38-14-6-4-12-35(38)28-52/h3-26H,1-2H3. The molecule has 0 aliphatic carbocycles. The number of nitriles is 3. The van der Waals surface area contributed by atoms with Crippen LogP contribution in [0.1, 0.15) is 28.3 Å². The van der Waals surface area contributed by atoms with Gasteiger partial charge in [-0.3, -0.25) is 0 Å². The molecule has 0 spiro atoms. The summed E-state index contributed by atoms with van der Waals surface area (Å²) in [7, 11) is 0. The molecule has 3 heterocycles. The second-order valence-electron chi connectivity index (χ2n) is 14.2. The van der Waals surface area contributed by atoms with Crippen LogP contribution in [-0.2, 0) is 0 Å². The second kappa shape index (κ2) is 13.4. The molecule has 0 N–H and O–H groups in total. The van der Waals surface area contributed by atoms with Crippen molar-refractivity contribution in [2.75, 3.05) is 0 Å². The van der Waals surface area contributed by atoms with Crippen LogP contribution in [0.4, 0.5) is 0 Å². The van der Waals surface area contributed by atoms with E-state index in [9.17, 15) is 15.8 Å². The van der Waals surface area contributed by atoms with Crippen molar-refractivity contribution in [2.24, 2.45) is 0 Å². The van der Waals surface area contributed by atoms with Gasteiger partial charge in [0, 0.05) is 27.1 Å². The minimum atomic E-state index is 0.448. The van der Waals surface area contributed by atoms with E-state index in [4.69, 9.17) is 9.97 Å². The Morgan fingerprint density at radius 3 is 1.36 bits per heavy atom. The van der Waals surface area contributed by atoms with Crippen molar-refractivity contribution in [2.45, 2.75) is 13.8 Å². The van der Waals surface area contributed by atoms with Crippen LogP contribution >= 0.6 is 0 Å². The predicted molar refractivity (Wildman–Crippen MR) is 228 cm³/mol. The molecule has 7 aromatic carbocycles. The Morgan fingerprint density at radius 1 is 0.397 bits per heavy atom. The van der Waals surface area contributed by atoms with Crippen LogP contribution in [0.25, 0.3) is 88.6 Å². The molecule has 0 aliphatic heterocycles. The first-order chi connectivity index (χ1) is 28.4. The average Bonchev–Trinajstić information content (AvgIpc) is 3.77. The van der Waals surface area contributed by atoms with Crippen LogP contribution in [0.3, 0.4) is 0 Å². The molecule has 0 radical (unpaired) electrons. The zero-order valence-electron chi connectivity index (χ0n) is 31.4. The Hall–Kier alpha value is -8.38. The summed E-state index contributed by atoms with van der Waals surface area (Å²) in [5, 5.41) is 35.3. The number of benzene rings is 7. The van der Waals surface area contributed by atoms with Crippen LogP contribution in [0.5, 0.6) is 0 Å². The molecule has 3 aromatic heterocycles. The van der Waals surface area contributed by atoms with E-state index in [1.807, 2.05) is 98.8 Å². The number of hydrogen-bond acceptors (Lipinski definition) is 6. The lowest BCUT2D eigenvalue weighted by Crippen LogP contribution is -2.07. The van der Waals surface area contributed by atoms with E-state index in [1.54, 1.807) is 0 Å². The van der Waals surface area contributed by atoms with Gasteiger partial charge in [0.25, 0.3) is 0 Å².